The predicted octanol–water partition coefficient (Wildman–Crippen LogP) is 2.10. The molecule has 0 unspecified atom stereocenters. The molecule has 0 radical (unpaired) electrons. The first kappa shape index (κ1) is 13.1. The molecule has 112 valence electrons. The van der Waals surface area contributed by atoms with E-state index in [1.54, 1.807) is 4.52 Å². The van der Waals surface area contributed by atoms with Gasteiger partial charge in [0.1, 0.15) is 17.9 Å². The van der Waals surface area contributed by atoms with Gasteiger partial charge in [-0.1, -0.05) is 18.2 Å². The third-order valence-corrected chi connectivity index (χ3v) is 3.91. The highest BCUT2D eigenvalue weighted by molar-refractivity contribution is 5.45. The number of anilines is 1. The van der Waals surface area contributed by atoms with Crippen LogP contribution in [-0.4, -0.2) is 32.7 Å². The smallest absolute Gasteiger partial charge is 0.254 e. The molecular weight excluding hydrogens is 278 g/mol. The van der Waals surface area contributed by atoms with Crippen LogP contribution in [0.2, 0.25) is 0 Å². The molecule has 0 saturated heterocycles. The number of fused-ring (bicyclic) bond motifs is 2. The molecule has 2 aromatic heterocycles. The van der Waals surface area contributed by atoms with Gasteiger partial charge in [-0.05, 0) is 25.0 Å². The summed E-state index contributed by atoms with van der Waals surface area (Å²) in [6.45, 7) is 3.52. The topological polar surface area (TPSA) is 64.3 Å². The van der Waals surface area contributed by atoms with Crippen molar-refractivity contribution >= 4 is 11.6 Å². The lowest BCUT2D eigenvalue weighted by Crippen LogP contribution is -2.27. The fraction of sp³-hybridized carbons (Fsp3) is 0.312. The Morgan fingerprint density at radius 2 is 2.27 bits per heavy atom. The zero-order valence-electron chi connectivity index (χ0n) is 12.4. The molecule has 0 saturated carbocycles. The molecule has 6 nitrogen and oxygen atoms in total. The summed E-state index contributed by atoms with van der Waals surface area (Å²) in [7, 11) is 0. The highest BCUT2D eigenvalue weighted by Crippen LogP contribution is 2.27. The maximum atomic E-state index is 5.83. The minimum absolute atomic E-state index is 0.432. The summed E-state index contributed by atoms with van der Waals surface area (Å²) in [5.74, 6) is 2.98. The Morgan fingerprint density at radius 1 is 1.36 bits per heavy atom. The molecule has 0 spiro atoms. The monoisotopic (exact) mass is 295 g/mol. The second-order valence-corrected chi connectivity index (χ2v) is 5.62. The molecule has 6 heteroatoms. The molecule has 1 N–H and O–H groups in total. The van der Waals surface area contributed by atoms with Gasteiger partial charge in [0.15, 0.2) is 0 Å². The number of hydrogen-bond acceptors (Lipinski definition) is 5. The van der Waals surface area contributed by atoms with Crippen molar-refractivity contribution in [1.82, 2.24) is 19.6 Å². The summed E-state index contributed by atoms with van der Waals surface area (Å²) >= 11 is 0. The van der Waals surface area contributed by atoms with Gasteiger partial charge in [0.25, 0.3) is 5.78 Å². The van der Waals surface area contributed by atoms with Crippen LogP contribution in [0.4, 0.5) is 5.82 Å². The third-order valence-electron chi connectivity index (χ3n) is 3.91. The molecule has 3 aromatic rings. The number of hydrogen-bond donors (Lipinski definition) is 1. The fourth-order valence-corrected chi connectivity index (χ4v) is 2.83. The normalized spacial score (nSPS) is 17.0. The molecule has 1 aliphatic heterocycles. The number of aryl methyl sites for hydroxylation is 1. The van der Waals surface area contributed by atoms with Crippen molar-refractivity contribution in [2.75, 3.05) is 18.5 Å². The van der Waals surface area contributed by atoms with Crippen molar-refractivity contribution in [3.05, 3.63) is 47.9 Å². The molecule has 1 aromatic carbocycles. The van der Waals surface area contributed by atoms with E-state index in [1.807, 2.05) is 25.1 Å². The Kier molecular flexibility index (Phi) is 3.14. The van der Waals surface area contributed by atoms with Crippen molar-refractivity contribution in [2.24, 2.45) is 5.92 Å². The van der Waals surface area contributed by atoms with Crippen LogP contribution in [0.25, 0.3) is 5.78 Å². The van der Waals surface area contributed by atoms with Gasteiger partial charge in [0.2, 0.25) is 0 Å². The Labute approximate surface area is 128 Å². The summed E-state index contributed by atoms with van der Waals surface area (Å²) in [5, 5.41) is 7.66. The minimum Gasteiger partial charge on any atom is -0.493 e. The fourth-order valence-electron chi connectivity index (χ4n) is 2.83. The Morgan fingerprint density at radius 3 is 3.23 bits per heavy atom. The first-order chi connectivity index (χ1) is 10.8. The molecule has 0 bridgehead atoms. The molecular formula is C16H17N5O. The van der Waals surface area contributed by atoms with Gasteiger partial charge in [-0.25, -0.2) is 4.98 Å². The van der Waals surface area contributed by atoms with E-state index in [2.05, 4.69) is 32.5 Å². The molecule has 0 amide bonds. The second kappa shape index (κ2) is 5.29. The van der Waals surface area contributed by atoms with Gasteiger partial charge < -0.3 is 10.1 Å². The van der Waals surface area contributed by atoms with Gasteiger partial charge in [0, 0.05) is 24.2 Å². The van der Waals surface area contributed by atoms with E-state index in [-0.39, 0.29) is 0 Å². The lowest BCUT2D eigenvalue weighted by Gasteiger charge is -2.25. The Hall–Kier alpha value is -2.63. The lowest BCUT2D eigenvalue weighted by atomic mass is 9.97. The van der Waals surface area contributed by atoms with E-state index in [1.165, 1.54) is 11.9 Å². The number of nitrogens with one attached hydrogen (secondary N) is 1. The van der Waals surface area contributed by atoms with Crippen LogP contribution in [0.1, 0.15) is 11.3 Å². The van der Waals surface area contributed by atoms with E-state index >= 15 is 0 Å². The second-order valence-electron chi connectivity index (χ2n) is 5.62. The number of rotatable bonds is 3. The number of ether oxygens (including phenoxy) is 1. The molecule has 0 aliphatic carbocycles. The number of nitrogens with zero attached hydrogens (tertiary/aromatic N) is 4. The van der Waals surface area contributed by atoms with E-state index < -0.39 is 0 Å². The van der Waals surface area contributed by atoms with Crippen molar-refractivity contribution in [3.8, 4) is 5.75 Å². The van der Waals surface area contributed by atoms with Gasteiger partial charge in [-0.15, -0.1) is 0 Å². The lowest BCUT2D eigenvalue weighted by molar-refractivity contribution is 0.229. The van der Waals surface area contributed by atoms with Crippen LogP contribution in [0.3, 0.4) is 0 Å². The van der Waals surface area contributed by atoms with E-state index in [0.717, 1.165) is 36.8 Å². The average Bonchev–Trinajstić information content (AvgIpc) is 3.00. The summed E-state index contributed by atoms with van der Waals surface area (Å²) in [4.78, 5) is 8.49. The molecule has 3 heterocycles. The highest BCUT2D eigenvalue weighted by atomic mass is 16.5. The van der Waals surface area contributed by atoms with Crippen LogP contribution < -0.4 is 10.1 Å². The molecule has 22 heavy (non-hydrogen) atoms. The van der Waals surface area contributed by atoms with Crippen LogP contribution in [0.5, 0.6) is 5.75 Å². The van der Waals surface area contributed by atoms with Crippen molar-refractivity contribution in [3.63, 3.8) is 0 Å². The quantitative estimate of drug-likeness (QED) is 0.801. The zero-order chi connectivity index (χ0) is 14.9. The average molecular weight is 295 g/mol. The molecule has 0 fully saturated rings. The molecule has 1 atom stereocenters. The highest BCUT2D eigenvalue weighted by Gasteiger charge is 2.19. The van der Waals surface area contributed by atoms with E-state index in [0.29, 0.717) is 11.7 Å². The number of aromatic nitrogens is 4. The van der Waals surface area contributed by atoms with Gasteiger partial charge in [-0.2, -0.15) is 14.6 Å². The van der Waals surface area contributed by atoms with Crippen molar-refractivity contribution in [2.45, 2.75) is 13.3 Å². The van der Waals surface area contributed by atoms with Crippen molar-refractivity contribution in [1.29, 1.82) is 0 Å². The van der Waals surface area contributed by atoms with E-state index in [9.17, 15) is 0 Å². The maximum absolute atomic E-state index is 5.83. The zero-order valence-corrected chi connectivity index (χ0v) is 12.4. The van der Waals surface area contributed by atoms with E-state index in [4.69, 9.17) is 4.74 Å². The summed E-state index contributed by atoms with van der Waals surface area (Å²) in [6.07, 6.45) is 2.54. The standard InChI is InChI=1S/C16H17N5O/c1-11-6-15(21-16(20-11)18-10-19-21)17-8-12-7-13-4-2-3-5-14(13)22-9-12/h2-6,10,12,17H,7-9H2,1H3/t12-/m0/s1. The number of para-hydroxylation sites is 1. The van der Waals surface area contributed by atoms with Crippen LogP contribution in [0, 0.1) is 12.8 Å². The first-order valence-electron chi connectivity index (χ1n) is 7.41. The van der Waals surface area contributed by atoms with Crippen LogP contribution in [-0.2, 0) is 6.42 Å². The SMILES string of the molecule is Cc1cc(NC[C@H]2COc3ccccc3C2)n2ncnc2n1. The van der Waals surface area contributed by atoms with Crippen LogP contribution >= 0.6 is 0 Å². The molecule has 4 rings (SSSR count). The van der Waals surface area contributed by atoms with Gasteiger partial charge in [-0.3, -0.25) is 0 Å². The molecule has 1 aliphatic rings. The van der Waals surface area contributed by atoms with Gasteiger partial charge >= 0.3 is 0 Å². The largest absolute Gasteiger partial charge is 0.493 e. The van der Waals surface area contributed by atoms with Gasteiger partial charge in [0.05, 0.1) is 6.61 Å². The maximum Gasteiger partial charge on any atom is 0.254 e. The summed E-state index contributed by atoms with van der Waals surface area (Å²) in [6, 6.07) is 10.2. The predicted molar refractivity (Wildman–Crippen MR) is 83.1 cm³/mol. The Bertz CT molecular complexity index is 813. The van der Waals surface area contributed by atoms with Crippen LogP contribution in [0.15, 0.2) is 36.7 Å². The van der Waals surface area contributed by atoms with Crippen molar-refractivity contribution < 1.29 is 4.74 Å². The Balaban J connectivity index is 1.50. The minimum atomic E-state index is 0.432. The number of benzene rings is 1. The first-order valence-corrected chi connectivity index (χ1v) is 7.41. The third kappa shape index (κ3) is 2.36. The summed E-state index contributed by atoms with van der Waals surface area (Å²) in [5.41, 5.74) is 2.20. The summed E-state index contributed by atoms with van der Waals surface area (Å²) < 4.78 is 7.56.